The summed E-state index contributed by atoms with van der Waals surface area (Å²) in [5.74, 6) is -1.05. The van der Waals surface area contributed by atoms with Crippen LogP contribution in [0.5, 0.6) is 0 Å². The number of aldehydes is 1. The zero-order valence-corrected chi connectivity index (χ0v) is 7.02. The number of H-pyrrole nitrogens is 1. The van der Waals surface area contributed by atoms with Crippen molar-refractivity contribution in [3.05, 3.63) is 29.6 Å². The van der Waals surface area contributed by atoms with E-state index in [2.05, 4.69) is 9.97 Å². The first-order valence-corrected chi connectivity index (χ1v) is 3.88. The lowest BCUT2D eigenvalue weighted by molar-refractivity contribution is 0.0691. The lowest BCUT2D eigenvalue weighted by Gasteiger charge is -1.88. The fraction of sp³-hybridized carbons (Fsp3) is 0. The van der Waals surface area contributed by atoms with E-state index in [1.165, 1.54) is 12.3 Å². The lowest BCUT2D eigenvalue weighted by atomic mass is 10.2. The Labute approximate surface area is 78.4 Å². The highest BCUT2D eigenvalue weighted by Gasteiger charge is 2.07. The number of fused-ring (bicyclic) bond motifs is 1. The Bertz CT molecular complexity index is 516. The van der Waals surface area contributed by atoms with Gasteiger partial charge in [0.1, 0.15) is 11.3 Å². The van der Waals surface area contributed by atoms with Gasteiger partial charge in [0.05, 0.1) is 0 Å². The largest absolute Gasteiger partial charge is 0.477 e. The highest BCUT2D eigenvalue weighted by molar-refractivity contribution is 5.93. The van der Waals surface area contributed by atoms with Gasteiger partial charge in [-0.15, -0.1) is 0 Å². The number of carbonyl (C=O) groups excluding carboxylic acids is 1. The number of aromatic carboxylic acids is 1. The van der Waals surface area contributed by atoms with Crippen LogP contribution in [0.1, 0.15) is 20.8 Å². The van der Waals surface area contributed by atoms with Crippen LogP contribution in [0.3, 0.4) is 0 Å². The van der Waals surface area contributed by atoms with Crippen molar-refractivity contribution in [2.45, 2.75) is 0 Å². The molecule has 14 heavy (non-hydrogen) atoms. The molecule has 2 aromatic heterocycles. The van der Waals surface area contributed by atoms with Crippen molar-refractivity contribution in [3.63, 3.8) is 0 Å². The third-order valence-corrected chi connectivity index (χ3v) is 1.86. The zero-order valence-electron chi connectivity index (χ0n) is 7.02. The van der Waals surface area contributed by atoms with Crippen molar-refractivity contribution in [2.75, 3.05) is 0 Å². The van der Waals surface area contributed by atoms with Crippen molar-refractivity contribution >= 4 is 23.3 Å². The minimum Gasteiger partial charge on any atom is -0.477 e. The van der Waals surface area contributed by atoms with E-state index < -0.39 is 5.97 Å². The normalized spacial score (nSPS) is 10.3. The molecule has 0 saturated carbocycles. The molecule has 0 radical (unpaired) electrons. The van der Waals surface area contributed by atoms with Crippen LogP contribution >= 0.6 is 0 Å². The van der Waals surface area contributed by atoms with E-state index in [-0.39, 0.29) is 5.69 Å². The van der Waals surface area contributed by atoms with Gasteiger partial charge < -0.3 is 10.1 Å². The van der Waals surface area contributed by atoms with Crippen LogP contribution in [0.25, 0.3) is 11.0 Å². The quantitative estimate of drug-likeness (QED) is 0.694. The lowest BCUT2D eigenvalue weighted by Crippen LogP contribution is -1.94. The molecule has 0 unspecified atom stereocenters. The number of aromatic amines is 1. The second-order valence-electron chi connectivity index (χ2n) is 2.81. The third kappa shape index (κ3) is 1.24. The Kier molecular flexibility index (Phi) is 1.78. The number of nitrogens with one attached hydrogen (secondary N) is 1. The topological polar surface area (TPSA) is 83.0 Å². The van der Waals surface area contributed by atoms with Gasteiger partial charge in [-0.2, -0.15) is 0 Å². The van der Waals surface area contributed by atoms with E-state index in [0.717, 1.165) is 0 Å². The van der Waals surface area contributed by atoms with E-state index in [9.17, 15) is 9.59 Å². The van der Waals surface area contributed by atoms with E-state index in [0.29, 0.717) is 22.9 Å². The number of rotatable bonds is 2. The molecule has 2 N–H and O–H groups in total. The molecule has 5 nitrogen and oxygen atoms in total. The Hall–Kier alpha value is -2.17. The number of pyridine rings is 1. The van der Waals surface area contributed by atoms with Crippen molar-refractivity contribution in [1.82, 2.24) is 9.97 Å². The molecule has 0 aromatic carbocycles. The monoisotopic (exact) mass is 190 g/mol. The van der Waals surface area contributed by atoms with Crippen LogP contribution in [-0.4, -0.2) is 27.3 Å². The number of hydrogen-bond donors (Lipinski definition) is 2. The van der Waals surface area contributed by atoms with Crippen molar-refractivity contribution in [2.24, 2.45) is 0 Å². The van der Waals surface area contributed by atoms with Crippen molar-refractivity contribution < 1.29 is 14.7 Å². The van der Waals surface area contributed by atoms with E-state index in [4.69, 9.17) is 5.11 Å². The molecule has 0 spiro atoms. The third-order valence-electron chi connectivity index (χ3n) is 1.86. The summed E-state index contributed by atoms with van der Waals surface area (Å²) in [7, 11) is 0. The average Bonchev–Trinajstić information content (AvgIpc) is 2.59. The fourth-order valence-corrected chi connectivity index (χ4v) is 1.21. The molecule has 0 fully saturated rings. The van der Waals surface area contributed by atoms with Gasteiger partial charge in [0, 0.05) is 17.1 Å². The summed E-state index contributed by atoms with van der Waals surface area (Å²) >= 11 is 0. The number of hydrogen-bond acceptors (Lipinski definition) is 3. The summed E-state index contributed by atoms with van der Waals surface area (Å²) in [6, 6.07) is 3.02. The summed E-state index contributed by atoms with van der Waals surface area (Å²) in [6.07, 6.45) is 2.05. The van der Waals surface area contributed by atoms with Crippen LogP contribution in [0.2, 0.25) is 0 Å². The Balaban J connectivity index is 2.65. The molecule has 0 bridgehead atoms. The molecule has 0 aliphatic rings. The number of nitrogens with zero attached hydrogens (tertiary/aromatic N) is 1. The first kappa shape index (κ1) is 8.43. The minimum atomic E-state index is -1.05. The molecule has 70 valence electrons. The van der Waals surface area contributed by atoms with E-state index in [1.54, 1.807) is 6.07 Å². The predicted octanol–water partition coefficient (Wildman–Crippen LogP) is 1.07. The zero-order chi connectivity index (χ0) is 10.1. The van der Waals surface area contributed by atoms with Crippen LogP contribution in [0.15, 0.2) is 18.3 Å². The molecule has 2 aromatic rings. The summed E-state index contributed by atoms with van der Waals surface area (Å²) in [4.78, 5) is 27.5. The van der Waals surface area contributed by atoms with Gasteiger partial charge in [-0.1, -0.05) is 0 Å². The first-order chi connectivity index (χ1) is 6.70. The molecule has 0 aliphatic heterocycles. The average molecular weight is 190 g/mol. The first-order valence-electron chi connectivity index (χ1n) is 3.88. The summed E-state index contributed by atoms with van der Waals surface area (Å²) < 4.78 is 0. The van der Waals surface area contributed by atoms with Crippen molar-refractivity contribution in [3.8, 4) is 0 Å². The van der Waals surface area contributed by atoms with Gasteiger partial charge >= 0.3 is 5.97 Å². The maximum atomic E-state index is 10.6. The van der Waals surface area contributed by atoms with Crippen LogP contribution in [-0.2, 0) is 0 Å². The molecule has 2 heterocycles. The summed E-state index contributed by atoms with van der Waals surface area (Å²) in [5.41, 5.74) is 0.956. The van der Waals surface area contributed by atoms with Crippen LogP contribution in [0.4, 0.5) is 0 Å². The molecular formula is C9H6N2O3. The number of carbonyl (C=O) groups is 2. The number of carboxylic acids is 1. The second kappa shape index (κ2) is 2.95. The Morgan fingerprint density at radius 2 is 2.29 bits per heavy atom. The minimum absolute atomic E-state index is 0.0653. The number of carboxylic acid groups (broad SMARTS) is 1. The van der Waals surface area contributed by atoms with Crippen molar-refractivity contribution in [1.29, 1.82) is 0 Å². The SMILES string of the molecule is O=Cc1cnc2[nH]c(C(=O)O)cc2c1. The van der Waals surface area contributed by atoms with Gasteiger partial charge in [0.25, 0.3) is 0 Å². The maximum Gasteiger partial charge on any atom is 0.352 e. The van der Waals surface area contributed by atoms with E-state index >= 15 is 0 Å². The second-order valence-corrected chi connectivity index (χ2v) is 2.81. The standard InChI is InChI=1S/C9H6N2O3/c12-4-5-1-6-2-7(9(13)14)11-8(6)10-3-5/h1-4H,(H,10,11)(H,13,14). The molecule has 5 heteroatoms. The van der Waals surface area contributed by atoms with Gasteiger partial charge in [-0.25, -0.2) is 9.78 Å². The Morgan fingerprint density at radius 3 is 2.93 bits per heavy atom. The highest BCUT2D eigenvalue weighted by atomic mass is 16.4. The molecule has 0 atom stereocenters. The van der Waals surface area contributed by atoms with Gasteiger partial charge in [-0.05, 0) is 12.1 Å². The molecule has 0 amide bonds. The Morgan fingerprint density at radius 1 is 1.50 bits per heavy atom. The molecule has 0 aliphatic carbocycles. The fourth-order valence-electron chi connectivity index (χ4n) is 1.21. The molecular weight excluding hydrogens is 184 g/mol. The maximum absolute atomic E-state index is 10.6. The molecule has 2 rings (SSSR count). The van der Waals surface area contributed by atoms with Crippen LogP contribution < -0.4 is 0 Å². The smallest absolute Gasteiger partial charge is 0.352 e. The number of aromatic nitrogens is 2. The van der Waals surface area contributed by atoms with Gasteiger partial charge in [0.15, 0.2) is 6.29 Å². The highest BCUT2D eigenvalue weighted by Crippen LogP contribution is 2.13. The predicted molar refractivity (Wildman–Crippen MR) is 48.4 cm³/mol. The van der Waals surface area contributed by atoms with E-state index in [1.807, 2.05) is 0 Å². The van der Waals surface area contributed by atoms with Crippen LogP contribution in [0, 0.1) is 0 Å². The van der Waals surface area contributed by atoms with Gasteiger partial charge in [-0.3, -0.25) is 4.79 Å². The summed E-state index contributed by atoms with van der Waals surface area (Å²) in [6.45, 7) is 0. The summed E-state index contributed by atoms with van der Waals surface area (Å²) in [5, 5.41) is 9.30. The molecule has 0 saturated heterocycles. The van der Waals surface area contributed by atoms with Gasteiger partial charge in [0.2, 0.25) is 0 Å².